The van der Waals surface area contributed by atoms with E-state index in [4.69, 9.17) is 10.5 Å². The van der Waals surface area contributed by atoms with Crippen molar-refractivity contribution in [1.82, 2.24) is 0 Å². The molecule has 0 aromatic carbocycles. The van der Waals surface area contributed by atoms with Gasteiger partial charge >= 0.3 is 0 Å². The monoisotopic (exact) mass is 147 g/mol. The van der Waals surface area contributed by atoms with E-state index in [9.17, 15) is 0 Å². The number of ether oxygens (including phenoxy) is 1. The number of methoxy groups -OCH3 is 1. The number of nitrogens with two attached hydrogens (primary N) is 1. The maximum atomic E-state index is 5.61. The van der Waals surface area contributed by atoms with Crippen LogP contribution in [0.5, 0.6) is 0 Å². The van der Waals surface area contributed by atoms with Crippen molar-refractivity contribution >= 4 is 9.24 Å². The van der Waals surface area contributed by atoms with Gasteiger partial charge in [0.05, 0.1) is 0 Å². The first-order valence-corrected chi connectivity index (χ1v) is 3.96. The van der Waals surface area contributed by atoms with E-state index in [2.05, 4.69) is 9.24 Å². The molecule has 3 atom stereocenters. The molecular weight excluding hydrogens is 133 g/mol. The molecule has 0 saturated heterocycles. The fourth-order valence-corrected chi connectivity index (χ4v) is 1.45. The van der Waals surface area contributed by atoms with Crippen molar-refractivity contribution < 1.29 is 4.74 Å². The predicted molar refractivity (Wildman–Crippen MR) is 41.2 cm³/mol. The largest absolute Gasteiger partial charge is 0.366 e. The highest BCUT2D eigenvalue weighted by Crippen LogP contribution is 2.37. The third kappa shape index (κ3) is 1.89. The van der Waals surface area contributed by atoms with Crippen molar-refractivity contribution in [3.8, 4) is 0 Å². The second-order valence-corrected chi connectivity index (χ2v) is 3.38. The molecule has 1 aliphatic carbocycles. The summed E-state index contributed by atoms with van der Waals surface area (Å²) in [5.41, 5.74) is 6.08. The molecule has 2 nitrogen and oxygen atoms in total. The van der Waals surface area contributed by atoms with Gasteiger partial charge in [0.25, 0.3) is 0 Å². The first kappa shape index (κ1) is 7.46. The first-order chi connectivity index (χ1) is 4.25. The normalized spacial score (nSPS) is 25.7. The van der Waals surface area contributed by atoms with Gasteiger partial charge in [-0.2, -0.15) is 0 Å². The molecule has 0 spiro atoms. The highest BCUT2D eigenvalue weighted by atomic mass is 31.0. The summed E-state index contributed by atoms with van der Waals surface area (Å²) in [5, 5.41) is 0. The zero-order valence-corrected chi connectivity index (χ0v) is 6.86. The highest BCUT2D eigenvalue weighted by molar-refractivity contribution is 7.17. The quantitative estimate of drug-likeness (QED) is 0.468. The lowest BCUT2D eigenvalue weighted by Gasteiger charge is -2.16. The van der Waals surface area contributed by atoms with Crippen molar-refractivity contribution in [2.45, 2.75) is 24.7 Å². The van der Waals surface area contributed by atoms with Crippen LogP contribution in [0.3, 0.4) is 0 Å². The maximum Gasteiger partial charge on any atom is 0.111 e. The average molecular weight is 147 g/mol. The molecule has 1 rings (SSSR count). The van der Waals surface area contributed by atoms with Crippen LogP contribution in [-0.2, 0) is 4.74 Å². The van der Waals surface area contributed by atoms with Crippen LogP contribution in [-0.4, -0.2) is 19.0 Å². The molecule has 54 valence electrons. The predicted octanol–water partition coefficient (Wildman–Crippen LogP) is 0.571. The van der Waals surface area contributed by atoms with Crippen LogP contribution in [0.4, 0.5) is 0 Å². The molecule has 1 aliphatic rings. The SMILES string of the molecule is CO[C@@H](N)C(P)C1CC1. The van der Waals surface area contributed by atoms with Crippen molar-refractivity contribution in [2.75, 3.05) is 7.11 Å². The Morgan fingerprint density at radius 2 is 2.22 bits per heavy atom. The fraction of sp³-hybridized carbons (Fsp3) is 1.00. The van der Waals surface area contributed by atoms with Gasteiger partial charge in [-0.25, -0.2) is 0 Å². The van der Waals surface area contributed by atoms with Crippen LogP contribution in [0.15, 0.2) is 0 Å². The third-order valence-electron chi connectivity index (χ3n) is 1.82. The minimum atomic E-state index is -0.0810. The number of hydrogen-bond donors (Lipinski definition) is 1. The Morgan fingerprint density at radius 1 is 1.67 bits per heavy atom. The van der Waals surface area contributed by atoms with Crippen LogP contribution >= 0.6 is 9.24 Å². The van der Waals surface area contributed by atoms with E-state index >= 15 is 0 Å². The van der Waals surface area contributed by atoms with Crippen LogP contribution in [0.1, 0.15) is 12.8 Å². The zero-order valence-electron chi connectivity index (χ0n) is 5.71. The Labute approximate surface area is 58.3 Å². The number of hydrogen-bond acceptors (Lipinski definition) is 2. The summed E-state index contributed by atoms with van der Waals surface area (Å²) in [6, 6.07) is 0. The Kier molecular flexibility index (Phi) is 2.45. The zero-order chi connectivity index (χ0) is 6.85. The molecule has 0 heterocycles. The van der Waals surface area contributed by atoms with Crippen molar-refractivity contribution in [3.05, 3.63) is 0 Å². The van der Waals surface area contributed by atoms with Crippen LogP contribution in [0.2, 0.25) is 0 Å². The minimum absolute atomic E-state index is 0.0810. The van der Waals surface area contributed by atoms with Gasteiger partial charge in [-0.15, -0.1) is 9.24 Å². The van der Waals surface area contributed by atoms with E-state index < -0.39 is 0 Å². The summed E-state index contributed by atoms with van der Waals surface area (Å²) in [7, 11) is 4.40. The fourth-order valence-electron chi connectivity index (χ4n) is 0.907. The Bertz CT molecular complexity index is 95.1. The van der Waals surface area contributed by atoms with Crippen molar-refractivity contribution in [3.63, 3.8) is 0 Å². The van der Waals surface area contributed by atoms with Gasteiger partial charge in [0.15, 0.2) is 0 Å². The molecular formula is C6H14NOP. The van der Waals surface area contributed by atoms with E-state index in [0.717, 1.165) is 5.92 Å². The standard InChI is InChI=1S/C6H14NOP/c1-8-6(7)5(9)4-2-3-4/h4-6H,2-3,7,9H2,1H3/t5?,6-/m1/s1. The van der Waals surface area contributed by atoms with Crippen LogP contribution < -0.4 is 5.73 Å². The lowest BCUT2D eigenvalue weighted by atomic mass is 10.2. The van der Waals surface area contributed by atoms with E-state index in [-0.39, 0.29) is 6.23 Å². The van der Waals surface area contributed by atoms with Gasteiger partial charge in [-0.1, -0.05) is 0 Å². The third-order valence-corrected chi connectivity index (χ3v) is 2.74. The molecule has 0 radical (unpaired) electrons. The van der Waals surface area contributed by atoms with Crippen LogP contribution in [0, 0.1) is 5.92 Å². The second kappa shape index (κ2) is 2.96. The van der Waals surface area contributed by atoms with E-state index in [0.29, 0.717) is 5.66 Å². The summed E-state index contributed by atoms with van der Waals surface area (Å²) in [4.78, 5) is 0. The molecule has 2 unspecified atom stereocenters. The van der Waals surface area contributed by atoms with Gasteiger partial charge in [0.1, 0.15) is 6.23 Å². The van der Waals surface area contributed by atoms with Crippen LogP contribution in [0.25, 0.3) is 0 Å². The average Bonchev–Trinajstić information content (AvgIpc) is 2.66. The van der Waals surface area contributed by atoms with E-state index in [1.165, 1.54) is 12.8 Å². The summed E-state index contributed by atoms with van der Waals surface area (Å²) < 4.78 is 4.97. The topological polar surface area (TPSA) is 35.2 Å². The van der Waals surface area contributed by atoms with Gasteiger partial charge in [0, 0.05) is 12.8 Å². The van der Waals surface area contributed by atoms with Gasteiger partial charge in [-0.3, -0.25) is 0 Å². The maximum absolute atomic E-state index is 5.61. The molecule has 0 aliphatic heterocycles. The summed E-state index contributed by atoms with van der Waals surface area (Å²) in [6.45, 7) is 0. The lowest BCUT2D eigenvalue weighted by Crippen LogP contribution is -2.33. The van der Waals surface area contributed by atoms with E-state index in [1.54, 1.807) is 7.11 Å². The summed E-state index contributed by atoms with van der Waals surface area (Å²) in [6.07, 6.45) is 2.57. The van der Waals surface area contributed by atoms with E-state index in [1.807, 2.05) is 0 Å². The molecule has 1 fully saturated rings. The lowest BCUT2D eigenvalue weighted by molar-refractivity contribution is 0.101. The minimum Gasteiger partial charge on any atom is -0.366 e. The molecule has 0 aromatic heterocycles. The Hall–Kier alpha value is 0.350. The summed E-state index contributed by atoms with van der Waals surface area (Å²) in [5.74, 6) is 0.810. The summed E-state index contributed by atoms with van der Waals surface area (Å²) >= 11 is 0. The smallest absolute Gasteiger partial charge is 0.111 e. The molecule has 3 heteroatoms. The van der Waals surface area contributed by atoms with Gasteiger partial charge in [0.2, 0.25) is 0 Å². The second-order valence-electron chi connectivity index (χ2n) is 2.62. The van der Waals surface area contributed by atoms with Gasteiger partial charge < -0.3 is 10.5 Å². The highest BCUT2D eigenvalue weighted by Gasteiger charge is 2.31. The molecule has 9 heavy (non-hydrogen) atoms. The first-order valence-electron chi connectivity index (χ1n) is 3.29. The van der Waals surface area contributed by atoms with Crippen molar-refractivity contribution in [2.24, 2.45) is 11.7 Å². The molecule has 2 N–H and O–H groups in total. The van der Waals surface area contributed by atoms with Crippen molar-refractivity contribution in [1.29, 1.82) is 0 Å². The van der Waals surface area contributed by atoms with Gasteiger partial charge in [-0.05, 0) is 18.8 Å². The number of rotatable bonds is 3. The molecule has 0 aromatic rings. The Morgan fingerprint density at radius 3 is 2.56 bits per heavy atom. The Balaban J connectivity index is 2.22. The molecule has 0 bridgehead atoms. The molecule has 1 saturated carbocycles. The molecule has 0 amide bonds.